The zero-order valence-corrected chi connectivity index (χ0v) is 10.5. The van der Waals surface area contributed by atoms with Crippen LogP contribution in [0.2, 0.25) is 0 Å². The molecule has 0 spiro atoms. The second-order valence-corrected chi connectivity index (χ2v) is 5.85. The lowest BCUT2D eigenvalue weighted by Crippen LogP contribution is -2.33. The molecule has 1 fully saturated rings. The van der Waals surface area contributed by atoms with E-state index < -0.39 is 0 Å². The van der Waals surface area contributed by atoms with E-state index in [2.05, 4.69) is 24.3 Å². The van der Waals surface area contributed by atoms with Gasteiger partial charge >= 0.3 is 0 Å². The van der Waals surface area contributed by atoms with Crippen LogP contribution >= 0.6 is 11.8 Å². The summed E-state index contributed by atoms with van der Waals surface area (Å²) in [6, 6.07) is 8.43. The van der Waals surface area contributed by atoms with Crippen LogP contribution in [0.1, 0.15) is 23.5 Å². The molecule has 90 valence electrons. The van der Waals surface area contributed by atoms with Gasteiger partial charge in [-0.1, -0.05) is 24.3 Å². The lowest BCUT2D eigenvalue weighted by Gasteiger charge is -2.31. The second kappa shape index (κ2) is 4.83. The molecule has 1 aliphatic heterocycles. The number of benzene rings is 1. The van der Waals surface area contributed by atoms with Crippen molar-refractivity contribution in [3.8, 4) is 0 Å². The summed E-state index contributed by atoms with van der Waals surface area (Å²) in [5.74, 6) is 2.59. The number of Topliss-reactive ketones (excluding diaryl/α,β-unsaturated/α-hetero) is 1. The molecular weight excluding hydrogens is 232 g/mol. The Morgan fingerprint density at radius 1 is 1.41 bits per heavy atom. The van der Waals surface area contributed by atoms with Crippen LogP contribution in [0.25, 0.3) is 0 Å². The number of carbonyl (C=O) groups is 1. The van der Waals surface area contributed by atoms with E-state index in [9.17, 15) is 4.79 Å². The zero-order chi connectivity index (χ0) is 11.7. The van der Waals surface area contributed by atoms with Crippen LogP contribution in [0.5, 0.6) is 0 Å². The van der Waals surface area contributed by atoms with Crippen LogP contribution in [0.15, 0.2) is 24.3 Å². The average Bonchev–Trinajstić information content (AvgIpc) is 2.37. The van der Waals surface area contributed by atoms with Crippen LogP contribution in [-0.2, 0) is 16.0 Å². The summed E-state index contributed by atoms with van der Waals surface area (Å²) in [5, 5.41) is 0. The van der Waals surface area contributed by atoms with Crippen molar-refractivity contribution in [2.45, 2.75) is 24.9 Å². The number of rotatable bonds is 3. The highest BCUT2D eigenvalue weighted by Gasteiger charge is 2.31. The Morgan fingerprint density at radius 3 is 3.06 bits per heavy atom. The minimum atomic E-state index is -0.151. The topological polar surface area (TPSA) is 26.3 Å². The summed E-state index contributed by atoms with van der Waals surface area (Å²) in [6.45, 7) is 0.725. The third-order valence-corrected chi connectivity index (χ3v) is 4.58. The van der Waals surface area contributed by atoms with E-state index in [0.717, 1.165) is 24.5 Å². The second-order valence-electron chi connectivity index (χ2n) is 4.70. The number of fused-ring (bicyclic) bond motifs is 1. The van der Waals surface area contributed by atoms with Gasteiger partial charge in [0, 0.05) is 17.9 Å². The maximum atomic E-state index is 12.1. The predicted molar refractivity (Wildman–Crippen MR) is 69.6 cm³/mol. The fourth-order valence-electron chi connectivity index (χ4n) is 2.59. The van der Waals surface area contributed by atoms with Gasteiger partial charge in [0.2, 0.25) is 0 Å². The standard InChI is InChI=1S/C14H16O2S/c15-13(14-9-17-6-5-16-14)8-11-7-10-3-1-2-4-12(10)11/h1-4,11,14H,5-9H2. The number of hydrogen-bond donors (Lipinski definition) is 0. The summed E-state index contributed by atoms with van der Waals surface area (Å²) in [6.07, 6.45) is 1.56. The van der Waals surface area contributed by atoms with Crippen LogP contribution in [0.3, 0.4) is 0 Å². The van der Waals surface area contributed by atoms with Crippen molar-refractivity contribution in [2.75, 3.05) is 18.1 Å². The number of hydrogen-bond acceptors (Lipinski definition) is 3. The lowest BCUT2D eigenvalue weighted by atomic mass is 9.75. The zero-order valence-electron chi connectivity index (χ0n) is 9.72. The fourth-order valence-corrected chi connectivity index (χ4v) is 3.47. The van der Waals surface area contributed by atoms with Gasteiger partial charge in [0.05, 0.1) is 6.61 Å². The Bertz CT molecular complexity index is 424. The summed E-state index contributed by atoms with van der Waals surface area (Å²) < 4.78 is 5.53. The molecule has 0 radical (unpaired) electrons. The van der Waals surface area contributed by atoms with Gasteiger partial charge in [-0.3, -0.25) is 4.79 Å². The highest BCUT2D eigenvalue weighted by molar-refractivity contribution is 7.99. The van der Waals surface area contributed by atoms with Gasteiger partial charge in [-0.2, -0.15) is 11.8 Å². The largest absolute Gasteiger partial charge is 0.369 e. The first kappa shape index (κ1) is 11.3. The van der Waals surface area contributed by atoms with Crippen LogP contribution in [0, 0.1) is 0 Å². The van der Waals surface area contributed by atoms with E-state index in [1.54, 1.807) is 0 Å². The van der Waals surface area contributed by atoms with Gasteiger partial charge < -0.3 is 4.74 Å². The Labute approximate surface area is 106 Å². The van der Waals surface area contributed by atoms with E-state index in [1.807, 2.05) is 11.8 Å². The van der Waals surface area contributed by atoms with E-state index in [4.69, 9.17) is 4.74 Å². The van der Waals surface area contributed by atoms with Crippen LogP contribution in [0.4, 0.5) is 0 Å². The molecular formula is C14H16O2S. The smallest absolute Gasteiger partial charge is 0.163 e. The molecule has 1 aromatic carbocycles. The van der Waals surface area contributed by atoms with Gasteiger partial charge in [-0.25, -0.2) is 0 Å². The van der Waals surface area contributed by atoms with Crippen molar-refractivity contribution in [2.24, 2.45) is 0 Å². The van der Waals surface area contributed by atoms with Crippen LogP contribution < -0.4 is 0 Å². The van der Waals surface area contributed by atoms with Crippen molar-refractivity contribution in [1.29, 1.82) is 0 Å². The monoisotopic (exact) mass is 248 g/mol. The Morgan fingerprint density at radius 2 is 2.29 bits per heavy atom. The Kier molecular flexibility index (Phi) is 3.21. The average molecular weight is 248 g/mol. The van der Waals surface area contributed by atoms with Gasteiger partial charge in [0.25, 0.3) is 0 Å². The highest BCUT2D eigenvalue weighted by atomic mass is 32.2. The minimum Gasteiger partial charge on any atom is -0.369 e. The molecule has 1 aliphatic carbocycles. The molecule has 2 atom stereocenters. The van der Waals surface area contributed by atoms with Gasteiger partial charge in [-0.05, 0) is 23.5 Å². The predicted octanol–water partition coefficient (Wildman–Crippen LogP) is 2.42. The first-order valence-corrected chi connectivity index (χ1v) is 7.30. The van der Waals surface area contributed by atoms with E-state index >= 15 is 0 Å². The molecule has 1 heterocycles. The van der Waals surface area contributed by atoms with E-state index in [0.29, 0.717) is 12.3 Å². The van der Waals surface area contributed by atoms with Crippen molar-refractivity contribution >= 4 is 17.5 Å². The van der Waals surface area contributed by atoms with E-state index in [1.165, 1.54) is 11.1 Å². The first-order valence-electron chi connectivity index (χ1n) is 6.14. The molecule has 3 heteroatoms. The maximum Gasteiger partial charge on any atom is 0.163 e. The number of thioether (sulfide) groups is 1. The summed E-state index contributed by atoms with van der Waals surface area (Å²) in [7, 11) is 0. The van der Waals surface area contributed by atoms with Gasteiger partial charge in [0.15, 0.2) is 5.78 Å². The quantitative estimate of drug-likeness (QED) is 0.821. The molecule has 1 saturated heterocycles. The Balaban J connectivity index is 1.60. The van der Waals surface area contributed by atoms with Crippen molar-refractivity contribution in [1.82, 2.24) is 0 Å². The Hall–Kier alpha value is -0.800. The fraction of sp³-hybridized carbons (Fsp3) is 0.500. The first-order chi connectivity index (χ1) is 8.34. The third kappa shape index (κ3) is 2.26. The van der Waals surface area contributed by atoms with Crippen molar-refractivity contribution in [3.05, 3.63) is 35.4 Å². The third-order valence-electron chi connectivity index (χ3n) is 3.58. The van der Waals surface area contributed by atoms with Gasteiger partial charge in [0.1, 0.15) is 6.10 Å². The number of carbonyl (C=O) groups excluding carboxylic acids is 1. The SMILES string of the molecule is O=C(CC1Cc2ccccc21)C1CSCCO1. The number of ether oxygens (including phenoxy) is 1. The molecule has 2 unspecified atom stereocenters. The summed E-state index contributed by atoms with van der Waals surface area (Å²) in [5.41, 5.74) is 2.77. The molecule has 1 aromatic rings. The molecule has 0 N–H and O–H groups in total. The van der Waals surface area contributed by atoms with Crippen molar-refractivity contribution in [3.63, 3.8) is 0 Å². The van der Waals surface area contributed by atoms with E-state index in [-0.39, 0.29) is 11.9 Å². The highest BCUT2D eigenvalue weighted by Crippen LogP contribution is 2.37. The lowest BCUT2D eigenvalue weighted by molar-refractivity contribution is -0.129. The minimum absolute atomic E-state index is 0.151. The molecule has 0 amide bonds. The molecule has 2 nitrogen and oxygen atoms in total. The molecule has 0 saturated carbocycles. The maximum absolute atomic E-state index is 12.1. The van der Waals surface area contributed by atoms with Crippen molar-refractivity contribution < 1.29 is 9.53 Å². The molecule has 3 rings (SSSR count). The van der Waals surface area contributed by atoms with Gasteiger partial charge in [-0.15, -0.1) is 0 Å². The molecule has 2 aliphatic rings. The normalized spacial score (nSPS) is 27.1. The summed E-state index contributed by atoms with van der Waals surface area (Å²) >= 11 is 1.82. The number of ketones is 1. The molecule has 0 bridgehead atoms. The molecule has 0 aromatic heterocycles. The van der Waals surface area contributed by atoms with Crippen LogP contribution in [-0.4, -0.2) is 30.0 Å². The summed E-state index contributed by atoms with van der Waals surface area (Å²) in [4.78, 5) is 12.1. The molecule has 17 heavy (non-hydrogen) atoms.